The van der Waals surface area contributed by atoms with Crippen LogP contribution in [0.1, 0.15) is 19.8 Å². The molecule has 0 saturated heterocycles. The topological polar surface area (TPSA) is 46.5 Å². The Hall–Kier alpha value is -1.09. The van der Waals surface area contributed by atoms with Crippen molar-refractivity contribution in [1.82, 2.24) is 0 Å². The Labute approximate surface area is 84.1 Å². The second kappa shape index (κ2) is 4.42. The zero-order valence-corrected chi connectivity index (χ0v) is 8.56. The molecule has 0 aromatic carbocycles. The quantitative estimate of drug-likeness (QED) is 0.748. The van der Waals surface area contributed by atoms with Gasteiger partial charge in [-0.05, 0) is 6.42 Å². The molecule has 0 amide bonds. The summed E-state index contributed by atoms with van der Waals surface area (Å²) < 4.78 is 5.37. The summed E-state index contributed by atoms with van der Waals surface area (Å²) >= 11 is 0. The van der Waals surface area contributed by atoms with Crippen molar-refractivity contribution < 1.29 is 14.6 Å². The second-order valence-electron chi connectivity index (χ2n) is 3.47. The monoisotopic (exact) mass is 196 g/mol. The molecule has 0 fully saturated rings. The van der Waals surface area contributed by atoms with Gasteiger partial charge in [-0.2, -0.15) is 0 Å². The smallest absolute Gasteiger partial charge is 0.313 e. The van der Waals surface area contributed by atoms with Crippen molar-refractivity contribution >= 4 is 5.97 Å². The average molecular weight is 196 g/mol. The number of rotatable bonds is 4. The molecule has 14 heavy (non-hydrogen) atoms. The Bertz CT molecular complexity index is 268. The van der Waals surface area contributed by atoms with Crippen molar-refractivity contribution in [2.45, 2.75) is 25.4 Å². The van der Waals surface area contributed by atoms with Crippen LogP contribution in [0.5, 0.6) is 0 Å². The fourth-order valence-electron chi connectivity index (χ4n) is 1.88. The molecule has 3 heteroatoms. The van der Waals surface area contributed by atoms with Crippen molar-refractivity contribution in [1.29, 1.82) is 0 Å². The maximum absolute atomic E-state index is 11.0. The number of carbonyl (C=O) groups is 1. The van der Waals surface area contributed by atoms with E-state index in [0.29, 0.717) is 0 Å². The molecular weight excluding hydrogens is 180 g/mol. The van der Waals surface area contributed by atoms with E-state index in [9.17, 15) is 4.79 Å². The first kappa shape index (κ1) is 11.0. The van der Waals surface area contributed by atoms with Gasteiger partial charge < -0.3 is 9.84 Å². The van der Waals surface area contributed by atoms with Crippen LogP contribution in [-0.2, 0) is 9.53 Å². The molecule has 1 N–H and O–H groups in total. The molecule has 2 unspecified atom stereocenters. The molecule has 78 valence electrons. The van der Waals surface area contributed by atoms with Gasteiger partial charge in [0.2, 0.25) is 0 Å². The maximum atomic E-state index is 11.0. The summed E-state index contributed by atoms with van der Waals surface area (Å²) in [7, 11) is 1.56. The van der Waals surface area contributed by atoms with Gasteiger partial charge in [0.1, 0.15) is 11.5 Å². The van der Waals surface area contributed by atoms with Crippen LogP contribution in [0.25, 0.3) is 0 Å². The van der Waals surface area contributed by atoms with E-state index in [1.54, 1.807) is 19.3 Å². The lowest BCUT2D eigenvalue weighted by Gasteiger charge is -2.34. The molecular formula is C11H16O3. The zero-order valence-electron chi connectivity index (χ0n) is 8.56. The highest BCUT2D eigenvalue weighted by Gasteiger charge is 2.40. The van der Waals surface area contributed by atoms with Crippen molar-refractivity contribution in [2.24, 2.45) is 5.92 Å². The van der Waals surface area contributed by atoms with E-state index in [2.05, 4.69) is 0 Å². The SMILES string of the molecule is CCCC1(OC)C=CC=CC1C(=O)O. The molecule has 2 atom stereocenters. The van der Waals surface area contributed by atoms with Gasteiger partial charge in [-0.3, -0.25) is 4.79 Å². The fraction of sp³-hybridized carbons (Fsp3) is 0.545. The van der Waals surface area contributed by atoms with Crippen molar-refractivity contribution in [3.05, 3.63) is 24.3 Å². The number of carboxylic acids is 1. The minimum Gasteiger partial charge on any atom is -0.481 e. The molecule has 0 aromatic rings. The number of carboxylic acid groups (broad SMARTS) is 1. The van der Waals surface area contributed by atoms with Gasteiger partial charge in [0.05, 0.1) is 0 Å². The molecule has 0 bridgehead atoms. The minimum absolute atomic E-state index is 0.572. The summed E-state index contributed by atoms with van der Waals surface area (Å²) in [6, 6.07) is 0. The van der Waals surface area contributed by atoms with Gasteiger partial charge in [0.25, 0.3) is 0 Å². The third-order valence-electron chi connectivity index (χ3n) is 2.61. The van der Waals surface area contributed by atoms with Crippen LogP contribution in [0.15, 0.2) is 24.3 Å². The number of ether oxygens (including phenoxy) is 1. The third kappa shape index (κ3) is 1.87. The molecule has 0 radical (unpaired) electrons. The Morgan fingerprint density at radius 1 is 1.57 bits per heavy atom. The Morgan fingerprint density at radius 3 is 2.79 bits per heavy atom. The zero-order chi connectivity index (χ0) is 10.6. The normalized spacial score (nSPS) is 30.6. The van der Waals surface area contributed by atoms with Crippen LogP contribution in [0, 0.1) is 5.92 Å². The van der Waals surface area contributed by atoms with E-state index in [-0.39, 0.29) is 0 Å². The first-order valence-electron chi connectivity index (χ1n) is 4.80. The lowest BCUT2D eigenvalue weighted by atomic mass is 9.80. The lowest BCUT2D eigenvalue weighted by molar-refractivity contribution is -0.148. The minimum atomic E-state index is -0.832. The summed E-state index contributed by atoms with van der Waals surface area (Å²) in [6.45, 7) is 2.02. The van der Waals surface area contributed by atoms with E-state index < -0.39 is 17.5 Å². The van der Waals surface area contributed by atoms with Crippen LogP contribution in [0.4, 0.5) is 0 Å². The Morgan fingerprint density at radius 2 is 2.29 bits per heavy atom. The summed E-state index contributed by atoms with van der Waals surface area (Å²) in [5.41, 5.74) is -0.657. The van der Waals surface area contributed by atoms with Gasteiger partial charge in [-0.15, -0.1) is 0 Å². The molecule has 0 spiro atoms. The molecule has 3 nitrogen and oxygen atoms in total. The second-order valence-corrected chi connectivity index (χ2v) is 3.47. The third-order valence-corrected chi connectivity index (χ3v) is 2.61. The number of aliphatic carboxylic acids is 1. The van der Waals surface area contributed by atoms with Gasteiger partial charge in [0.15, 0.2) is 0 Å². The lowest BCUT2D eigenvalue weighted by Crippen LogP contribution is -2.42. The summed E-state index contributed by atoms with van der Waals surface area (Å²) in [5.74, 6) is -1.40. The summed E-state index contributed by atoms with van der Waals surface area (Å²) in [5, 5.41) is 9.07. The number of hydrogen-bond donors (Lipinski definition) is 1. The highest BCUT2D eigenvalue weighted by atomic mass is 16.5. The van der Waals surface area contributed by atoms with E-state index in [4.69, 9.17) is 9.84 Å². The number of allylic oxidation sites excluding steroid dienone is 2. The molecule has 0 heterocycles. The Balaban J connectivity index is 2.95. The van der Waals surface area contributed by atoms with Crippen LogP contribution in [0.2, 0.25) is 0 Å². The van der Waals surface area contributed by atoms with Crippen LogP contribution in [-0.4, -0.2) is 23.8 Å². The van der Waals surface area contributed by atoms with Crippen molar-refractivity contribution in [3.63, 3.8) is 0 Å². The molecule has 0 saturated carbocycles. The fourth-order valence-corrected chi connectivity index (χ4v) is 1.88. The predicted octanol–water partition coefficient (Wildman–Crippen LogP) is 2.00. The number of methoxy groups -OCH3 is 1. The first-order chi connectivity index (χ1) is 6.66. The molecule has 0 aliphatic heterocycles. The molecule has 1 aliphatic carbocycles. The maximum Gasteiger partial charge on any atom is 0.313 e. The van der Waals surface area contributed by atoms with Crippen molar-refractivity contribution in [3.8, 4) is 0 Å². The van der Waals surface area contributed by atoms with Gasteiger partial charge in [-0.1, -0.05) is 37.6 Å². The summed E-state index contributed by atoms with van der Waals surface area (Å²) in [6.07, 6.45) is 8.75. The summed E-state index contributed by atoms with van der Waals surface area (Å²) in [4.78, 5) is 11.0. The number of hydrogen-bond acceptors (Lipinski definition) is 2. The van der Waals surface area contributed by atoms with Crippen molar-refractivity contribution in [2.75, 3.05) is 7.11 Å². The van der Waals surface area contributed by atoms with Gasteiger partial charge in [-0.25, -0.2) is 0 Å². The van der Waals surface area contributed by atoms with Crippen LogP contribution >= 0.6 is 0 Å². The Kier molecular flexibility index (Phi) is 3.47. The standard InChI is InChI=1S/C11H16O3/c1-3-7-11(14-2)8-5-4-6-9(11)10(12)13/h4-6,8-9H,3,7H2,1-2H3,(H,12,13). The molecule has 0 aromatic heterocycles. The largest absolute Gasteiger partial charge is 0.481 e. The van der Waals surface area contributed by atoms with E-state index >= 15 is 0 Å². The molecule has 1 aliphatic rings. The highest BCUT2D eigenvalue weighted by Crippen LogP contribution is 2.32. The average Bonchev–Trinajstić information content (AvgIpc) is 2.18. The van der Waals surface area contributed by atoms with Gasteiger partial charge in [0, 0.05) is 7.11 Å². The molecule has 1 rings (SSSR count). The van der Waals surface area contributed by atoms with Gasteiger partial charge >= 0.3 is 5.97 Å². The van der Waals surface area contributed by atoms with E-state index in [1.807, 2.05) is 19.1 Å². The van der Waals surface area contributed by atoms with Crippen LogP contribution < -0.4 is 0 Å². The van der Waals surface area contributed by atoms with E-state index in [1.165, 1.54) is 0 Å². The van der Waals surface area contributed by atoms with Crippen LogP contribution in [0.3, 0.4) is 0 Å². The highest BCUT2D eigenvalue weighted by molar-refractivity contribution is 5.75. The van der Waals surface area contributed by atoms with E-state index in [0.717, 1.165) is 12.8 Å². The predicted molar refractivity (Wildman–Crippen MR) is 54.1 cm³/mol. The first-order valence-corrected chi connectivity index (χ1v) is 4.80.